The van der Waals surface area contributed by atoms with E-state index in [2.05, 4.69) is 22.8 Å². The molecule has 0 saturated carbocycles. The maximum atomic E-state index is 12.1. The lowest BCUT2D eigenvalue weighted by Gasteiger charge is -2.32. The number of carbonyl (C=O) groups is 1. The van der Waals surface area contributed by atoms with E-state index >= 15 is 0 Å². The molecule has 0 bridgehead atoms. The summed E-state index contributed by atoms with van der Waals surface area (Å²) in [7, 11) is 1.98. The van der Waals surface area contributed by atoms with Crippen LogP contribution in [0.3, 0.4) is 0 Å². The van der Waals surface area contributed by atoms with E-state index in [1.54, 1.807) is 11.3 Å². The first-order chi connectivity index (χ1) is 8.79. The lowest BCUT2D eigenvalue weighted by Crippen LogP contribution is -2.46. The third kappa shape index (κ3) is 3.82. The molecule has 3 nitrogen and oxygen atoms in total. The molecule has 0 radical (unpaired) electrons. The van der Waals surface area contributed by atoms with Crippen molar-refractivity contribution in [3.8, 4) is 0 Å². The first kappa shape index (κ1) is 13.6. The fourth-order valence-corrected chi connectivity index (χ4v) is 3.22. The zero-order chi connectivity index (χ0) is 12.8. The van der Waals surface area contributed by atoms with E-state index in [0.29, 0.717) is 18.4 Å². The Kier molecular flexibility index (Phi) is 5.20. The van der Waals surface area contributed by atoms with E-state index in [-0.39, 0.29) is 0 Å². The predicted molar refractivity (Wildman–Crippen MR) is 75.9 cm³/mol. The average molecular weight is 266 g/mol. The third-order valence-electron chi connectivity index (χ3n) is 3.58. The molecule has 4 heteroatoms. The number of hydrogen-bond acceptors (Lipinski definition) is 3. The number of likely N-dealkylation sites (N-methyl/N-ethyl adjacent to an activating group) is 1. The highest BCUT2D eigenvalue weighted by Crippen LogP contribution is 2.15. The van der Waals surface area contributed by atoms with Crippen LogP contribution in [0.1, 0.15) is 30.6 Å². The van der Waals surface area contributed by atoms with Crippen molar-refractivity contribution in [2.24, 2.45) is 0 Å². The van der Waals surface area contributed by atoms with Gasteiger partial charge in [0.2, 0.25) is 5.91 Å². The number of hydrogen-bond donors (Lipinski definition) is 1. The topological polar surface area (TPSA) is 32.3 Å². The van der Waals surface area contributed by atoms with Crippen LogP contribution in [0.4, 0.5) is 0 Å². The van der Waals surface area contributed by atoms with E-state index in [9.17, 15) is 4.79 Å². The van der Waals surface area contributed by atoms with Crippen molar-refractivity contribution in [3.05, 3.63) is 22.4 Å². The van der Waals surface area contributed by atoms with Gasteiger partial charge in [0.1, 0.15) is 0 Å². The molecule has 2 rings (SSSR count). The highest BCUT2D eigenvalue weighted by molar-refractivity contribution is 7.09. The fourth-order valence-electron chi connectivity index (χ4n) is 2.47. The van der Waals surface area contributed by atoms with E-state index in [0.717, 1.165) is 32.4 Å². The Hall–Kier alpha value is -0.870. The number of likely N-dealkylation sites (tertiary alicyclic amines) is 1. The van der Waals surface area contributed by atoms with Crippen LogP contribution in [0.25, 0.3) is 0 Å². The number of carbonyl (C=O) groups excluding carboxylic acids is 1. The molecule has 1 aliphatic heterocycles. The predicted octanol–water partition coefficient (Wildman–Crippen LogP) is 2.28. The van der Waals surface area contributed by atoms with Crippen LogP contribution in [0.2, 0.25) is 0 Å². The number of aryl methyl sites for hydroxylation is 1. The maximum Gasteiger partial charge on any atom is 0.222 e. The molecule has 18 heavy (non-hydrogen) atoms. The van der Waals surface area contributed by atoms with E-state index in [1.165, 1.54) is 11.3 Å². The molecule has 1 aromatic rings. The largest absolute Gasteiger partial charge is 0.341 e. The van der Waals surface area contributed by atoms with Crippen LogP contribution in [-0.4, -0.2) is 37.0 Å². The Labute approximate surface area is 113 Å². The molecule has 1 saturated heterocycles. The summed E-state index contributed by atoms with van der Waals surface area (Å²) in [6, 6.07) is 4.71. The Morgan fingerprint density at radius 3 is 3.22 bits per heavy atom. The van der Waals surface area contributed by atoms with Crippen molar-refractivity contribution in [2.75, 3.05) is 20.1 Å². The monoisotopic (exact) mass is 266 g/mol. The smallest absolute Gasteiger partial charge is 0.222 e. The highest BCUT2D eigenvalue weighted by Gasteiger charge is 2.21. The Bertz CT molecular complexity index is 364. The minimum absolute atomic E-state index is 0.325. The second-order valence-corrected chi connectivity index (χ2v) is 5.93. The maximum absolute atomic E-state index is 12.1. The molecule has 1 aromatic heterocycles. The van der Waals surface area contributed by atoms with Gasteiger partial charge in [-0.3, -0.25) is 4.79 Å². The summed E-state index contributed by atoms with van der Waals surface area (Å²) in [5, 5.41) is 5.37. The number of nitrogens with zero attached hydrogens (tertiary/aromatic N) is 1. The summed E-state index contributed by atoms with van der Waals surface area (Å²) < 4.78 is 0. The molecule has 2 heterocycles. The summed E-state index contributed by atoms with van der Waals surface area (Å²) in [5.74, 6) is 0.325. The van der Waals surface area contributed by atoms with Crippen LogP contribution in [0.5, 0.6) is 0 Å². The van der Waals surface area contributed by atoms with Crippen LogP contribution in [-0.2, 0) is 11.2 Å². The van der Waals surface area contributed by atoms with E-state index < -0.39 is 0 Å². The van der Waals surface area contributed by atoms with Crippen LogP contribution in [0.15, 0.2) is 17.5 Å². The van der Waals surface area contributed by atoms with Gasteiger partial charge in [0.05, 0.1) is 0 Å². The molecular formula is C14H22N2OS. The van der Waals surface area contributed by atoms with Crippen LogP contribution in [0, 0.1) is 0 Å². The molecule has 0 aliphatic carbocycles. The molecule has 1 atom stereocenters. The first-order valence-electron chi connectivity index (χ1n) is 6.77. The van der Waals surface area contributed by atoms with Gasteiger partial charge < -0.3 is 10.2 Å². The molecular weight excluding hydrogens is 244 g/mol. The number of piperidine rings is 1. The number of rotatable bonds is 5. The molecule has 1 N–H and O–H groups in total. The van der Waals surface area contributed by atoms with Crippen molar-refractivity contribution in [3.63, 3.8) is 0 Å². The van der Waals surface area contributed by atoms with E-state index in [4.69, 9.17) is 0 Å². The van der Waals surface area contributed by atoms with Crippen molar-refractivity contribution in [1.29, 1.82) is 0 Å². The van der Waals surface area contributed by atoms with Crippen molar-refractivity contribution < 1.29 is 4.79 Å². The molecule has 0 aromatic carbocycles. The Balaban J connectivity index is 1.70. The van der Waals surface area contributed by atoms with Crippen molar-refractivity contribution >= 4 is 17.2 Å². The van der Waals surface area contributed by atoms with E-state index in [1.807, 2.05) is 11.9 Å². The van der Waals surface area contributed by atoms with Gasteiger partial charge in [0.25, 0.3) is 0 Å². The second kappa shape index (κ2) is 6.90. The van der Waals surface area contributed by atoms with Gasteiger partial charge in [-0.15, -0.1) is 11.3 Å². The zero-order valence-corrected chi connectivity index (χ0v) is 11.8. The quantitative estimate of drug-likeness (QED) is 0.887. The lowest BCUT2D eigenvalue weighted by atomic mass is 10.1. The van der Waals surface area contributed by atoms with Crippen LogP contribution >= 0.6 is 11.3 Å². The number of nitrogens with one attached hydrogen (secondary N) is 1. The Morgan fingerprint density at radius 2 is 2.50 bits per heavy atom. The van der Waals surface area contributed by atoms with Gasteiger partial charge in [0.15, 0.2) is 0 Å². The standard InChI is InChI=1S/C14H22N2OS/c1-15-12-5-3-9-16(11-12)14(17)8-2-6-13-7-4-10-18-13/h4,7,10,12,15H,2-3,5-6,8-9,11H2,1H3. The van der Waals surface area contributed by atoms with Gasteiger partial charge in [-0.2, -0.15) is 0 Å². The van der Waals surface area contributed by atoms with Crippen LogP contribution < -0.4 is 5.32 Å². The highest BCUT2D eigenvalue weighted by atomic mass is 32.1. The second-order valence-electron chi connectivity index (χ2n) is 4.90. The third-order valence-corrected chi connectivity index (χ3v) is 4.51. The molecule has 1 fully saturated rings. The summed E-state index contributed by atoms with van der Waals surface area (Å²) in [5.41, 5.74) is 0. The average Bonchev–Trinajstić information content (AvgIpc) is 2.92. The molecule has 1 aliphatic rings. The minimum atomic E-state index is 0.325. The molecule has 1 unspecified atom stereocenters. The molecule has 100 valence electrons. The van der Waals surface area contributed by atoms with Gasteiger partial charge in [-0.25, -0.2) is 0 Å². The minimum Gasteiger partial charge on any atom is -0.341 e. The summed E-state index contributed by atoms with van der Waals surface area (Å²) in [4.78, 5) is 15.5. The Morgan fingerprint density at radius 1 is 1.61 bits per heavy atom. The van der Waals surface area contributed by atoms with Crippen molar-refractivity contribution in [1.82, 2.24) is 10.2 Å². The molecule has 1 amide bonds. The molecule has 0 spiro atoms. The van der Waals surface area contributed by atoms with Gasteiger partial charge in [0, 0.05) is 30.4 Å². The van der Waals surface area contributed by atoms with Crippen molar-refractivity contribution in [2.45, 2.75) is 38.1 Å². The lowest BCUT2D eigenvalue weighted by molar-refractivity contribution is -0.132. The summed E-state index contributed by atoms with van der Waals surface area (Å²) >= 11 is 1.78. The number of thiophene rings is 1. The number of amides is 1. The SMILES string of the molecule is CNC1CCCN(C(=O)CCCc2cccs2)C1. The normalized spacial score (nSPS) is 20.1. The van der Waals surface area contributed by atoms with Gasteiger partial charge >= 0.3 is 0 Å². The van der Waals surface area contributed by atoms with Gasteiger partial charge in [-0.05, 0) is 44.2 Å². The van der Waals surface area contributed by atoms with Gasteiger partial charge in [-0.1, -0.05) is 6.07 Å². The fraction of sp³-hybridized carbons (Fsp3) is 0.643. The first-order valence-corrected chi connectivity index (χ1v) is 7.65. The summed E-state index contributed by atoms with van der Waals surface area (Å²) in [6.07, 6.45) is 5.01. The summed E-state index contributed by atoms with van der Waals surface area (Å²) in [6.45, 7) is 1.82. The zero-order valence-electron chi connectivity index (χ0n) is 11.0.